The van der Waals surface area contributed by atoms with Crippen LogP contribution in [0, 0.1) is 12.3 Å². The summed E-state index contributed by atoms with van der Waals surface area (Å²) in [4.78, 5) is 47.9. The molecule has 2 fully saturated rings. The standard InChI is InChI=1S/C28H35N7O11S2/c1-13-31-18(12-47-13)21(25(37)33-23-26(38)35(28(23,2)3)46-48(41,42)43)34-45-22(27(39)40)20-7-4-14-8-15(5-6-19(14)44-20)24(29)32-16-9-17(11-36)30-10-16/h5-6,8,12,16-17,20,22-23,30,36H,4,7,9-11H2,1-3H3,(H2,29,32)(H,33,37)(H,39,40)(H,41,42,43)/b34-21-/t16-,17-,20+,22-,23+/m0/s1. The number of nitrogens with one attached hydrogen (secondary N) is 4. The first-order valence-corrected chi connectivity index (χ1v) is 17.0. The van der Waals surface area contributed by atoms with Crippen LogP contribution in [0.25, 0.3) is 0 Å². The number of β-lactam (4-membered cyclic amide) rings is 1. The smallest absolute Gasteiger partial charge is 0.418 e. The molecule has 2 aromatic rings. The highest BCUT2D eigenvalue weighted by Gasteiger charge is 2.58. The Bertz CT molecular complexity index is 1750. The molecule has 3 aliphatic rings. The number of carbonyl (C=O) groups is 3. The lowest BCUT2D eigenvalue weighted by Crippen LogP contribution is -2.76. The van der Waals surface area contributed by atoms with Crippen LogP contribution in [0.3, 0.4) is 0 Å². The van der Waals surface area contributed by atoms with E-state index in [9.17, 15) is 33.0 Å². The molecule has 5 atom stereocenters. The Morgan fingerprint density at radius 3 is 2.69 bits per heavy atom. The number of nitrogens with zero attached hydrogens (tertiary/aromatic N) is 3. The van der Waals surface area contributed by atoms with E-state index in [1.54, 1.807) is 25.1 Å². The first-order valence-electron chi connectivity index (χ1n) is 14.8. The number of hydrogen-bond acceptors (Lipinski definition) is 14. The number of aryl methyl sites for hydroxylation is 2. The summed E-state index contributed by atoms with van der Waals surface area (Å²) in [6.07, 6.45) is -1.38. The number of carboxylic acids is 1. The predicted octanol–water partition coefficient (Wildman–Crippen LogP) is -0.503. The fourth-order valence-corrected chi connectivity index (χ4v) is 6.66. The minimum absolute atomic E-state index is 0.00463. The van der Waals surface area contributed by atoms with Crippen LogP contribution in [0.1, 0.15) is 48.5 Å². The minimum Gasteiger partial charge on any atom is -0.485 e. The number of hydrogen-bond donors (Lipinski definition) is 7. The summed E-state index contributed by atoms with van der Waals surface area (Å²) < 4.78 is 41.6. The summed E-state index contributed by atoms with van der Waals surface area (Å²) in [7, 11) is -5.01. The maximum Gasteiger partial charge on any atom is 0.418 e. The van der Waals surface area contributed by atoms with Gasteiger partial charge in [-0.3, -0.25) is 19.6 Å². The summed E-state index contributed by atoms with van der Waals surface area (Å²) in [5, 5.41) is 42.9. The zero-order valence-corrected chi connectivity index (χ0v) is 27.6. The molecule has 7 N–H and O–H groups in total. The third-order valence-corrected chi connectivity index (χ3v) is 9.26. The van der Waals surface area contributed by atoms with Crippen LogP contribution in [0.4, 0.5) is 0 Å². The van der Waals surface area contributed by atoms with Gasteiger partial charge in [0.15, 0.2) is 5.71 Å². The molecule has 0 aliphatic carbocycles. The number of carboxylic acid groups (broad SMARTS) is 1. The quantitative estimate of drug-likeness (QED) is 0.0482. The molecule has 1 aromatic carbocycles. The highest BCUT2D eigenvalue weighted by atomic mass is 32.3. The van der Waals surface area contributed by atoms with Crippen molar-refractivity contribution in [1.29, 1.82) is 5.41 Å². The number of oxime groups is 1. The van der Waals surface area contributed by atoms with Gasteiger partial charge >= 0.3 is 16.4 Å². The van der Waals surface area contributed by atoms with Gasteiger partial charge in [-0.1, -0.05) is 5.16 Å². The lowest BCUT2D eigenvalue weighted by Gasteiger charge is -2.50. The molecule has 0 bridgehead atoms. The SMILES string of the molecule is Cc1nc(/C(=N/O[C@H](C(=O)O)[C@H]2CCc3cc(C(=N)N[C@@H]4CN[C@H](CO)C4)ccc3O2)C(=O)N[C@@H]2C(=O)N(OS(=O)(=O)O)C2(C)C)cs1. The number of benzene rings is 1. The van der Waals surface area contributed by atoms with Gasteiger partial charge in [0, 0.05) is 29.6 Å². The summed E-state index contributed by atoms with van der Waals surface area (Å²) in [6.45, 7) is 5.07. The zero-order valence-electron chi connectivity index (χ0n) is 26.0. The maximum absolute atomic E-state index is 13.4. The Balaban J connectivity index is 1.28. The van der Waals surface area contributed by atoms with Crippen LogP contribution in [0.2, 0.25) is 0 Å². The summed E-state index contributed by atoms with van der Waals surface area (Å²) in [5.41, 5.74) is -0.441. The van der Waals surface area contributed by atoms with Crippen LogP contribution < -0.4 is 20.7 Å². The van der Waals surface area contributed by atoms with Crippen LogP contribution in [-0.2, 0) is 40.3 Å². The van der Waals surface area contributed by atoms with Crippen molar-refractivity contribution >= 4 is 51.1 Å². The number of aliphatic hydroxyl groups excluding tert-OH is 1. The van der Waals surface area contributed by atoms with Gasteiger partial charge in [0.25, 0.3) is 17.9 Å². The van der Waals surface area contributed by atoms with Crippen LogP contribution >= 0.6 is 11.3 Å². The van der Waals surface area contributed by atoms with E-state index in [-0.39, 0.29) is 36.6 Å². The molecule has 0 radical (unpaired) electrons. The van der Waals surface area contributed by atoms with Gasteiger partial charge < -0.3 is 35.7 Å². The normalized spacial score (nSPS) is 24.1. The monoisotopic (exact) mass is 709 g/mol. The van der Waals surface area contributed by atoms with Crippen LogP contribution in [-0.4, -0.2) is 112 Å². The van der Waals surface area contributed by atoms with Gasteiger partial charge in [0.2, 0.25) is 0 Å². The number of rotatable bonds is 12. The molecule has 1 aromatic heterocycles. The molecule has 0 saturated carbocycles. The lowest BCUT2D eigenvalue weighted by molar-refractivity contribution is -0.218. The third kappa shape index (κ3) is 7.58. The van der Waals surface area contributed by atoms with Gasteiger partial charge in [-0.15, -0.1) is 15.6 Å². The van der Waals surface area contributed by atoms with Gasteiger partial charge in [-0.25, -0.2) is 9.78 Å². The fraction of sp³-hybridized carbons (Fsp3) is 0.500. The highest BCUT2D eigenvalue weighted by Crippen LogP contribution is 2.33. The Hall–Kier alpha value is -4.21. The predicted molar refractivity (Wildman–Crippen MR) is 168 cm³/mol. The number of amides is 2. The van der Waals surface area contributed by atoms with E-state index < -0.39 is 57.7 Å². The molecule has 5 rings (SSSR count). The second-order valence-electron chi connectivity index (χ2n) is 12.0. The second kappa shape index (κ2) is 13.7. The fourth-order valence-electron chi connectivity index (χ4n) is 5.61. The van der Waals surface area contributed by atoms with Crippen LogP contribution in [0.15, 0.2) is 28.7 Å². The van der Waals surface area contributed by atoms with Crippen LogP contribution in [0.5, 0.6) is 5.75 Å². The molecule has 260 valence electrons. The van der Waals surface area contributed by atoms with E-state index in [1.165, 1.54) is 30.6 Å². The topological polar surface area (TPSA) is 262 Å². The summed E-state index contributed by atoms with van der Waals surface area (Å²) in [5.74, 6) is -2.75. The number of aliphatic carboxylic acids is 1. The Kier molecular flexibility index (Phi) is 10.0. The number of ether oxygens (including phenoxy) is 1. The number of hydroxylamine groups is 2. The number of thiazole rings is 1. The van der Waals surface area contributed by atoms with Crippen molar-refractivity contribution in [2.75, 3.05) is 13.2 Å². The number of amidine groups is 1. The maximum atomic E-state index is 13.4. The molecule has 20 heteroatoms. The molecule has 0 unspecified atom stereocenters. The molecule has 0 spiro atoms. The number of aromatic nitrogens is 1. The Labute approximate surface area is 278 Å². The Morgan fingerprint density at radius 1 is 1.33 bits per heavy atom. The lowest BCUT2D eigenvalue weighted by atomic mass is 9.84. The Morgan fingerprint density at radius 2 is 2.08 bits per heavy atom. The van der Waals surface area contributed by atoms with Gasteiger partial charge in [0.1, 0.15) is 29.4 Å². The number of fused-ring (bicyclic) bond motifs is 1. The number of aliphatic hydroxyl groups is 1. The third-order valence-electron chi connectivity index (χ3n) is 8.15. The highest BCUT2D eigenvalue weighted by molar-refractivity contribution is 7.80. The van der Waals surface area contributed by atoms with E-state index >= 15 is 0 Å². The molecule has 2 saturated heterocycles. The van der Waals surface area contributed by atoms with Gasteiger partial charge in [-0.05, 0) is 63.8 Å². The molecule has 48 heavy (non-hydrogen) atoms. The minimum atomic E-state index is -5.01. The zero-order chi connectivity index (χ0) is 35.0. The molecular formula is C28H35N7O11S2. The van der Waals surface area contributed by atoms with E-state index in [1.807, 2.05) is 0 Å². The van der Waals surface area contributed by atoms with Crippen molar-refractivity contribution in [1.82, 2.24) is 26.0 Å². The van der Waals surface area contributed by atoms with Gasteiger partial charge in [-0.2, -0.15) is 13.5 Å². The average molecular weight is 710 g/mol. The van der Waals surface area contributed by atoms with Crippen molar-refractivity contribution in [3.8, 4) is 5.75 Å². The largest absolute Gasteiger partial charge is 0.485 e. The van der Waals surface area contributed by atoms with Crippen molar-refractivity contribution in [3.05, 3.63) is 45.4 Å². The summed E-state index contributed by atoms with van der Waals surface area (Å²) >= 11 is 1.18. The first-order chi connectivity index (χ1) is 22.6. The van der Waals surface area contributed by atoms with E-state index in [2.05, 4.69) is 30.4 Å². The van der Waals surface area contributed by atoms with Crippen molar-refractivity contribution in [2.45, 2.75) is 75.9 Å². The van der Waals surface area contributed by atoms with E-state index in [0.717, 1.165) is 5.56 Å². The average Bonchev–Trinajstić information content (AvgIpc) is 3.67. The molecule has 4 heterocycles. The molecule has 3 aliphatic heterocycles. The molecule has 2 amide bonds. The number of carbonyl (C=O) groups excluding carboxylic acids is 2. The van der Waals surface area contributed by atoms with Crippen molar-refractivity contribution in [2.24, 2.45) is 5.16 Å². The summed E-state index contributed by atoms with van der Waals surface area (Å²) in [6, 6.07) is 3.78. The van der Waals surface area contributed by atoms with E-state index in [4.69, 9.17) is 19.5 Å². The second-order valence-corrected chi connectivity index (χ2v) is 14.1. The van der Waals surface area contributed by atoms with Crippen molar-refractivity contribution < 1.29 is 51.4 Å². The first kappa shape index (κ1) is 35.1. The van der Waals surface area contributed by atoms with E-state index in [0.29, 0.717) is 40.8 Å². The van der Waals surface area contributed by atoms with Gasteiger partial charge in [0.05, 0.1) is 17.2 Å². The molecular weight excluding hydrogens is 674 g/mol. The molecule has 18 nitrogen and oxygen atoms in total. The van der Waals surface area contributed by atoms with Crippen molar-refractivity contribution in [3.63, 3.8) is 0 Å².